The minimum absolute atomic E-state index is 0. The van der Waals surface area contributed by atoms with Gasteiger partial charge in [0, 0.05) is 30.2 Å². The third-order valence-corrected chi connectivity index (χ3v) is 4.59. The summed E-state index contributed by atoms with van der Waals surface area (Å²) in [6.07, 6.45) is 0. The van der Waals surface area contributed by atoms with Gasteiger partial charge in [0.2, 0.25) is 0 Å². The average Bonchev–Trinajstić information content (AvgIpc) is 2.59. The first-order valence-electron chi connectivity index (χ1n) is 8.51. The number of esters is 1. The van der Waals surface area contributed by atoms with Crippen LogP contribution < -0.4 is 49.6 Å². The minimum atomic E-state index is -1.57. The van der Waals surface area contributed by atoms with E-state index in [4.69, 9.17) is 13.9 Å². The van der Waals surface area contributed by atoms with Crippen molar-refractivity contribution in [2.45, 2.75) is 26.4 Å². The minimum Gasteiger partial charge on any atom is -0.542 e. The number of carbonyl (C=O) groups is 2. The van der Waals surface area contributed by atoms with Crippen molar-refractivity contribution in [1.82, 2.24) is 0 Å². The Morgan fingerprint density at radius 1 is 1.07 bits per heavy atom. The standard InChI is InChI=1S/C21H16O7.Na/c1-10(22)26-11-4-5-12-13-7-14-16(23)8-19(20(24)25)27-17(14)9-18(13)28-21(2,3)15(12)6-11;/h4-9H,1-3H3,(H,24,25);/q;+1/p-1. The number of carbonyl (C=O) groups excluding carboxylic acids is 2. The second-order valence-electron chi connectivity index (χ2n) is 7.02. The van der Waals surface area contributed by atoms with Crippen LogP contribution in [0.3, 0.4) is 0 Å². The van der Waals surface area contributed by atoms with Gasteiger partial charge in [-0.25, -0.2) is 0 Å². The van der Waals surface area contributed by atoms with E-state index in [-0.39, 0.29) is 40.5 Å². The maximum absolute atomic E-state index is 12.4. The number of benzene rings is 2. The average molecular weight is 402 g/mol. The Balaban J connectivity index is 0.00000240. The van der Waals surface area contributed by atoms with Crippen LogP contribution in [0.25, 0.3) is 22.1 Å². The third kappa shape index (κ3) is 3.69. The van der Waals surface area contributed by atoms with Crippen molar-refractivity contribution in [2.75, 3.05) is 0 Å². The van der Waals surface area contributed by atoms with Crippen LogP contribution in [0.4, 0.5) is 0 Å². The Hall–Kier alpha value is -2.61. The van der Waals surface area contributed by atoms with Gasteiger partial charge < -0.3 is 23.8 Å². The molecule has 1 aliphatic rings. The number of ether oxygens (including phenoxy) is 2. The van der Waals surface area contributed by atoms with E-state index in [0.29, 0.717) is 17.1 Å². The predicted molar refractivity (Wildman–Crippen MR) is 97.2 cm³/mol. The summed E-state index contributed by atoms with van der Waals surface area (Å²) in [6, 6.07) is 9.18. The van der Waals surface area contributed by atoms with E-state index in [0.717, 1.165) is 17.2 Å². The molecule has 142 valence electrons. The van der Waals surface area contributed by atoms with Crippen molar-refractivity contribution in [3.63, 3.8) is 0 Å². The number of aromatic carboxylic acids is 1. The Bertz CT molecular complexity index is 1220. The summed E-state index contributed by atoms with van der Waals surface area (Å²) in [4.78, 5) is 34.7. The van der Waals surface area contributed by atoms with Crippen LogP contribution >= 0.6 is 0 Å². The summed E-state index contributed by atoms with van der Waals surface area (Å²) in [5, 5.41) is 11.3. The normalized spacial score (nSPS) is 13.5. The summed E-state index contributed by atoms with van der Waals surface area (Å²) < 4.78 is 16.5. The molecule has 2 aromatic carbocycles. The van der Waals surface area contributed by atoms with Crippen LogP contribution in [0.1, 0.15) is 36.9 Å². The summed E-state index contributed by atoms with van der Waals surface area (Å²) in [5.41, 5.74) is 1.09. The van der Waals surface area contributed by atoms with Gasteiger partial charge in [-0.15, -0.1) is 0 Å². The fraction of sp³-hybridized carbons (Fsp3) is 0.190. The van der Waals surface area contributed by atoms with E-state index in [1.165, 1.54) is 13.0 Å². The molecule has 0 bridgehead atoms. The van der Waals surface area contributed by atoms with Gasteiger partial charge in [0.15, 0.2) is 11.2 Å². The molecule has 0 fully saturated rings. The molecule has 0 aliphatic carbocycles. The van der Waals surface area contributed by atoms with Gasteiger partial charge in [-0.3, -0.25) is 9.59 Å². The first-order chi connectivity index (χ1) is 13.2. The van der Waals surface area contributed by atoms with E-state index in [9.17, 15) is 19.5 Å². The molecule has 0 unspecified atom stereocenters. The van der Waals surface area contributed by atoms with Gasteiger partial charge in [-0.2, -0.15) is 0 Å². The SMILES string of the molecule is CC(=O)Oc1ccc2c(c1)C(C)(C)Oc1cc3oc(C(=O)[O-])cc(=O)c3cc1-2.[Na+]. The first kappa shape index (κ1) is 21.1. The molecule has 4 rings (SSSR count). The second kappa shape index (κ2) is 7.33. The van der Waals surface area contributed by atoms with Gasteiger partial charge in [0.1, 0.15) is 28.7 Å². The van der Waals surface area contributed by atoms with Crippen molar-refractivity contribution in [1.29, 1.82) is 0 Å². The Labute approximate surface area is 187 Å². The van der Waals surface area contributed by atoms with Gasteiger partial charge in [0.25, 0.3) is 0 Å². The topological polar surface area (TPSA) is 106 Å². The predicted octanol–water partition coefficient (Wildman–Crippen LogP) is -0.620. The third-order valence-electron chi connectivity index (χ3n) is 4.59. The van der Waals surface area contributed by atoms with E-state index in [2.05, 4.69) is 0 Å². The van der Waals surface area contributed by atoms with E-state index >= 15 is 0 Å². The quantitative estimate of drug-likeness (QED) is 0.320. The zero-order valence-electron chi connectivity index (χ0n) is 16.3. The number of carboxylic acid groups (broad SMARTS) is 1. The molecule has 2 heterocycles. The maximum Gasteiger partial charge on any atom is 1.00 e. The number of carboxylic acids is 1. The Kier molecular flexibility index (Phi) is 5.34. The summed E-state index contributed by atoms with van der Waals surface area (Å²) in [5.74, 6) is -1.70. The Morgan fingerprint density at radius 3 is 2.45 bits per heavy atom. The summed E-state index contributed by atoms with van der Waals surface area (Å²) in [7, 11) is 0. The van der Waals surface area contributed by atoms with E-state index in [1.54, 1.807) is 24.3 Å². The zero-order valence-corrected chi connectivity index (χ0v) is 18.3. The molecule has 0 amide bonds. The van der Waals surface area contributed by atoms with Crippen molar-refractivity contribution >= 4 is 22.9 Å². The van der Waals surface area contributed by atoms with Gasteiger partial charge in [0.05, 0.1) is 5.39 Å². The molecule has 3 aromatic rings. The number of rotatable bonds is 2. The molecular formula is C21H15NaO7. The first-order valence-corrected chi connectivity index (χ1v) is 8.51. The van der Waals surface area contributed by atoms with Crippen LogP contribution in [-0.2, 0) is 10.4 Å². The maximum atomic E-state index is 12.4. The molecule has 0 saturated carbocycles. The molecule has 0 saturated heterocycles. The fourth-order valence-corrected chi connectivity index (χ4v) is 3.39. The van der Waals surface area contributed by atoms with Crippen molar-refractivity contribution in [3.8, 4) is 22.6 Å². The van der Waals surface area contributed by atoms with Crippen LogP contribution in [-0.4, -0.2) is 11.9 Å². The molecule has 0 spiro atoms. The number of hydrogen-bond acceptors (Lipinski definition) is 7. The summed E-state index contributed by atoms with van der Waals surface area (Å²) >= 11 is 0. The van der Waals surface area contributed by atoms with Gasteiger partial charge >= 0.3 is 35.5 Å². The van der Waals surface area contributed by atoms with Gasteiger partial charge in [-0.05, 0) is 37.6 Å². The van der Waals surface area contributed by atoms with E-state index < -0.39 is 28.7 Å². The van der Waals surface area contributed by atoms with Crippen molar-refractivity contribution < 1.29 is 58.1 Å². The number of fused-ring (bicyclic) bond motifs is 4. The monoisotopic (exact) mass is 402 g/mol. The molecular weight excluding hydrogens is 387 g/mol. The van der Waals surface area contributed by atoms with Crippen LogP contribution in [0.15, 0.2) is 45.6 Å². The van der Waals surface area contributed by atoms with Gasteiger partial charge in [-0.1, -0.05) is 6.07 Å². The smallest absolute Gasteiger partial charge is 0.542 e. The van der Waals surface area contributed by atoms with E-state index in [1.807, 2.05) is 13.8 Å². The fourth-order valence-electron chi connectivity index (χ4n) is 3.39. The van der Waals surface area contributed by atoms with Crippen molar-refractivity contribution in [2.24, 2.45) is 0 Å². The van der Waals surface area contributed by atoms with Crippen LogP contribution in [0.5, 0.6) is 11.5 Å². The largest absolute Gasteiger partial charge is 1.00 e. The number of hydrogen-bond donors (Lipinski definition) is 0. The molecule has 0 radical (unpaired) electrons. The molecule has 0 atom stereocenters. The zero-order chi connectivity index (χ0) is 20.2. The molecule has 1 aromatic heterocycles. The molecule has 8 heteroatoms. The second-order valence-corrected chi connectivity index (χ2v) is 7.02. The van der Waals surface area contributed by atoms with Crippen LogP contribution in [0.2, 0.25) is 0 Å². The molecule has 1 aliphatic heterocycles. The molecule has 0 N–H and O–H groups in total. The van der Waals surface area contributed by atoms with Crippen LogP contribution in [0, 0.1) is 0 Å². The molecule has 29 heavy (non-hydrogen) atoms. The summed E-state index contributed by atoms with van der Waals surface area (Å²) in [6.45, 7) is 5.03. The Morgan fingerprint density at radius 2 is 1.79 bits per heavy atom. The molecule has 7 nitrogen and oxygen atoms in total. The van der Waals surface area contributed by atoms with Crippen molar-refractivity contribution in [3.05, 3.63) is 57.9 Å².